The van der Waals surface area contributed by atoms with E-state index in [2.05, 4.69) is 10.0 Å². The van der Waals surface area contributed by atoms with E-state index >= 15 is 0 Å². The fraction of sp³-hybridized carbons (Fsp3) is 0.400. The van der Waals surface area contributed by atoms with Gasteiger partial charge in [0.25, 0.3) is 0 Å². The summed E-state index contributed by atoms with van der Waals surface area (Å²) in [6.07, 6.45) is 1.69. The monoisotopic (exact) mass is 261 g/mol. The van der Waals surface area contributed by atoms with Gasteiger partial charge in [-0.15, -0.1) is 0 Å². The van der Waals surface area contributed by atoms with Crippen LogP contribution >= 0.6 is 0 Å². The van der Waals surface area contributed by atoms with Gasteiger partial charge in [0.2, 0.25) is 10.0 Å². The number of anilines is 2. The number of halogens is 1. The number of rotatable bonds is 6. The van der Waals surface area contributed by atoms with E-state index in [4.69, 9.17) is 5.73 Å². The van der Waals surface area contributed by atoms with Crippen LogP contribution in [-0.4, -0.2) is 27.8 Å². The Labute approximate surface area is 100 Å². The lowest BCUT2D eigenvalue weighted by Gasteiger charge is -2.09. The summed E-state index contributed by atoms with van der Waals surface area (Å²) in [5.74, 6) is -0.468. The first-order valence-corrected chi connectivity index (χ1v) is 7.02. The summed E-state index contributed by atoms with van der Waals surface area (Å²) < 4.78 is 36.9. The standard InChI is InChI=1S/C10H16FN3O2S/c1-17(15,16)14-7-3-6-13-9-5-2-4-8(11)10(9)12/h2,4-5,13-14H,3,6-7,12H2,1H3. The molecule has 0 aliphatic carbocycles. The highest BCUT2D eigenvalue weighted by Gasteiger charge is 2.03. The molecule has 0 fully saturated rings. The molecule has 0 atom stereocenters. The van der Waals surface area contributed by atoms with E-state index in [0.717, 1.165) is 6.26 Å². The molecule has 17 heavy (non-hydrogen) atoms. The van der Waals surface area contributed by atoms with Gasteiger partial charge in [0.15, 0.2) is 0 Å². The van der Waals surface area contributed by atoms with Gasteiger partial charge in [0.05, 0.1) is 17.6 Å². The van der Waals surface area contributed by atoms with E-state index in [0.29, 0.717) is 25.2 Å². The van der Waals surface area contributed by atoms with Crippen LogP contribution < -0.4 is 15.8 Å². The van der Waals surface area contributed by atoms with E-state index in [9.17, 15) is 12.8 Å². The number of para-hydroxylation sites is 1. The first kappa shape index (κ1) is 13.7. The van der Waals surface area contributed by atoms with Crippen molar-refractivity contribution >= 4 is 21.4 Å². The minimum Gasteiger partial charge on any atom is -0.395 e. The molecule has 96 valence electrons. The quantitative estimate of drug-likeness (QED) is 0.521. The predicted octanol–water partition coefficient (Wildman–Crippen LogP) is 0.759. The van der Waals surface area contributed by atoms with E-state index in [-0.39, 0.29) is 5.69 Å². The van der Waals surface area contributed by atoms with Gasteiger partial charge >= 0.3 is 0 Å². The highest BCUT2D eigenvalue weighted by molar-refractivity contribution is 7.88. The van der Waals surface area contributed by atoms with Crippen LogP contribution in [0, 0.1) is 5.82 Å². The number of nitrogens with two attached hydrogens (primary N) is 1. The smallest absolute Gasteiger partial charge is 0.208 e. The van der Waals surface area contributed by atoms with E-state index in [1.165, 1.54) is 6.07 Å². The van der Waals surface area contributed by atoms with Gasteiger partial charge in [-0.1, -0.05) is 6.07 Å². The van der Waals surface area contributed by atoms with Gasteiger partial charge in [-0.3, -0.25) is 0 Å². The Morgan fingerprint density at radius 2 is 2.06 bits per heavy atom. The van der Waals surface area contributed by atoms with Crippen molar-refractivity contribution in [1.29, 1.82) is 0 Å². The normalized spacial score (nSPS) is 11.4. The second-order valence-electron chi connectivity index (χ2n) is 3.65. The molecule has 5 nitrogen and oxygen atoms in total. The molecule has 7 heteroatoms. The number of nitrogen functional groups attached to an aromatic ring is 1. The second-order valence-corrected chi connectivity index (χ2v) is 5.48. The number of benzene rings is 1. The summed E-state index contributed by atoms with van der Waals surface area (Å²) in [5, 5.41) is 2.94. The van der Waals surface area contributed by atoms with Crippen molar-refractivity contribution in [2.45, 2.75) is 6.42 Å². The van der Waals surface area contributed by atoms with Crippen molar-refractivity contribution in [3.63, 3.8) is 0 Å². The molecule has 0 unspecified atom stereocenters. The summed E-state index contributed by atoms with van der Waals surface area (Å²) in [4.78, 5) is 0. The molecule has 0 aliphatic rings. The summed E-state index contributed by atoms with van der Waals surface area (Å²) in [5.41, 5.74) is 6.11. The Morgan fingerprint density at radius 1 is 1.35 bits per heavy atom. The Hall–Kier alpha value is -1.34. The zero-order chi connectivity index (χ0) is 12.9. The third-order valence-corrected chi connectivity index (χ3v) is 2.81. The van der Waals surface area contributed by atoms with Gasteiger partial charge in [-0.2, -0.15) is 0 Å². The molecular weight excluding hydrogens is 245 g/mol. The Balaban J connectivity index is 2.34. The SMILES string of the molecule is CS(=O)(=O)NCCCNc1cccc(F)c1N. The molecule has 1 rings (SSSR count). The average Bonchev–Trinajstić information content (AvgIpc) is 2.22. The third kappa shape index (κ3) is 5.01. The lowest BCUT2D eigenvalue weighted by Crippen LogP contribution is -2.24. The first-order chi connectivity index (χ1) is 7.90. The van der Waals surface area contributed by atoms with Crippen molar-refractivity contribution in [3.05, 3.63) is 24.0 Å². The Kier molecular flexibility index (Phi) is 4.71. The summed E-state index contributed by atoms with van der Waals surface area (Å²) >= 11 is 0. The van der Waals surface area contributed by atoms with Crippen LogP contribution in [0.25, 0.3) is 0 Å². The molecule has 0 radical (unpaired) electrons. The van der Waals surface area contributed by atoms with Crippen LogP contribution in [0.15, 0.2) is 18.2 Å². The topological polar surface area (TPSA) is 84.2 Å². The van der Waals surface area contributed by atoms with Crippen LogP contribution in [-0.2, 0) is 10.0 Å². The average molecular weight is 261 g/mol. The summed E-state index contributed by atoms with van der Waals surface area (Å²) in [7, 11) is -3.15. The van der Waals surface area contributed by atoms with E-state index < -0.39 is 15.8 Å². The fourth-order valence-corrected chi connectivity index (χ4v) is 1.78. The van der Waals surface area contributed by atoms with Gasteiger partial charge in [-0.05, 0) is 18.6 Å². The van der Waals surface area contributed by atoms with Crippen LogP contribution in [0.2, 0.25) is 0 Å². The number of hydrogen-bond donors (Lipinski definition) is 3. The Morgan fingerprint density at radius 3 is 2.71 bits per heavy atom. The minimum absolute atomic E-state index is 0.0728. The van der Waals surface area contributed by atoms with Crippen LogP contribution in [0.4, 0.5) is 15.8 Å². The molecule has 1 aromatic rings. The third-order valence-electron chi connectivity index (χ3n) is 2.09. The van der Waals surface area contributed by atoms with Crippen LogP contribution in [0.3, 0.4) is 0 Å². The van der Waals surface area contributed by atoms with Crippen molar-refractivity contribution in [2.24, 2.45) is 0 Å². The first-order valence-electron chi connectivity index (χ1n) is 5.12. The minimum atomic E-state index is -3.15. The molecule has 4 N–H and O–H groups in total. The highest BCUT2D eigenvalue weighted by atomic mass is 32.2. The molecule has 0 amide bonds. The lowest BCUT2D eigenvalue weighted by molar-refractivity contribution is 0.586. The van der Waals surface area contributed by atoms with E-state index in [1.54, 1.807) is 12.1 Å². The molecule has 0 spiro atoms. The van der Waals surface area contributed by atoms with Crippen molar-refractivity contribution < 1.29 is 12.8 Å². The number of nitrogens with one attached hydrogen (secondary N) is 2. The molecule has 0 heterocycles. The zero-order valence-corrected chi connectivity index (χ0v) is 10.3. The maximum atomic E-state index is 13.1. The maximum Gasteiger partial charge on any atom is 0.208 e. The molecular formula is C10H16FN3O2S. The lowest BCUT2D eigenvalue weighted by atomic mass is 10.2. The van der Waals surface area contributed by atoms with Crippen molar-refractivity contribution in [2.75, 3.05) is 30.4 Å². The van der Waals surface area contributed by atoms with Gasteiger partial charge in [-0.25, -0.2) is 17.5 Å². The van der Waals surface area contributed by atoms with Crippen LogP contribution in [0.5, 0.6) is 0 Å². The zero-order valence-electron chi connectivity index (χ0n) is 9.53. The van der Waals surface area contributed by atoms with Crippen LogP contribution in [0.1, 0.15) is 6.42 Å². The fourth-order valence-electron chi connectivity index (χ4n) is 1.26. The summed E-state index contributed by atoms with van der Waals surface area (Å²) in [6, 6.07) is 4.51. The molecule has 0 aliphatic heterocycles. The second kappa shape index (κ2) is 5.83. The molecule has 0 bridgehead atoms. The van der Waals surface area contributed by atoms with Gasteiger partial charge in [0, 0.05) is 13.1 Å². The van der Waals surface area contributed by atoms with E-state index in [1.807, 2.05) is 0 Å². The number of hydrogen-bond acceptors (Lipinski definition) is 4. The highest BCUT2D eigenvalue weighted by Crippen LogP contribution is 2.20. The summed E-state index contributed by atoms with van der Waals surface area (Å²) in [6.45, 7) is 0.844. The van der Waals surface area contributed by atoms with Gasteiger partial charge < -0.3 is 11.1 Å². The maximum absolute atomic E-state index is 13.1. The Bertz CT molecular complexity index is 476. The largest absolute Gasteiger partial charge is 0.395 e. The molecule has 0 saturated carbocycles. The molecule has 1 aromatic carbocycles. The molecule has 0 aromatic heterocycles. The van der Waals surface area contributed by atoms with Crippen molar-refractivity contribution in [1.82, 2.24) is 4.72 Å². The predicted molar refractivity (Wildman–Crippen MR) is 66.8 cm³/mol. The van der Waals surface area contributed by atoms with Crippen molar-refractivity contribution in [3.8, 4) is 0 Å². The number of sulfonamides is 1. The van der Waals surface area contributed by atoms with Gasteiger partial charge in [0.1, 0.15) is 5.82 Å². The molecule has 0 saturated heterocycles.